The molecule has 1 amide bonds. The van der Waals surface area contributed by atoms with E-state index in [1.807, 2.05) is 38.1 Å². The lowest BCUT2D eigenvalue weighted by Gasteiger charge is -2.21. The summed E-state index contributed by atoms with van der Waals surface area (Å²) in [6.07, 6.45) is 1.74. The van der Waals surface area contributed by atoms with Crippen LogP contribution in [0.5, 0.6) is 0 Å². The molecule has 1 N–H and O–H groups in total. The highest BCUT2D eigenvalue weighted by Crippen LogP contribution is 2.13. The fourth-order valence-electron chi connectivity index (χ4n) is 2.12. The van der Waals surface area contributed by atoms with Gasteiger partial charge in [-0.2, -0.15) is 0 Å². The zero-order valence-electron chi connectivity index (χ0n) is 12.6. The highest BCUT2D eigenvalue weighted by atomic mass is 16.2. The van der Waals surface area contributed by atoms with Gasteiger partial charge in [0.05, 0.1) is 12.2 Å². The van der Waals surface area contributed by atoms with E-state index in [-0.39, 0.29) is 5.91 Å². The number of hydrogen-bond acceptors (Lipinski definition) is 4. The number of nitrogens with one attached hydrogen (secondary N) is 1. The summed E-state index contributed by atoms with van der Waals surface area (Å²) in [4.78, 5) is 23.0. The van der Waals surface area contributed by atoms with E-state index in [0.29, 0.717) is 24.5 Å². The molecule has 0 fully saturated rings. The Morgan fingerprint density at radius 3 is 2.76 bits per heavy atom. The summed E-state index contributed by atoms with van der Waals surface area (Å²) >= 11 is 0. The molecule has 2 rings (SSSR count). The largest absolute Gasteiger partial charge is 0.373 e. The number of aryl methyl sites for hydroxylation is 1. The van der Waals surface area contributed by atoms with Crippen LogP contribution in [0, 0.1) is 6.92 Å². The van der Waals surface area contributed by atoms with E-state index in [0.717, 1.165) is 11.4 Å². The van der Waals surface area contributed by atoms with Crippen molar-refractivity contribution in [3.8, 4) is 0 Å². The van der Waals surface area contributed by atoms with Gasteiger partial charge in [0, 0.05) is 31.0 Å². The van der Waals surface area contributed by atoms with Gasteiger partial charge < -0.3 is 10.2 Å². The molecule has 0 atom stereocenters. The van der Waals surface area contributed by atoms with Crippen molar-refractivity contribution in [2.24, 2.45) is 0 Å². The molecule has 110 valence electrons. The molecule has 5 nitrogen and oxygen atoms in total. The number of carbonyl (C=O) groups excluding carboxylic acids is 1. The average Bonchev–Trinajstić information content (AvgIpc) is 2.52. The number of nitrogens with zero attached hydrogens (tertiary/aromatic N) is 3. The average molecular weight is 284 g/mol. The van der Waals surface area contributed by atoms with Crippen LogP contribution in [-0.4, -0.2) is 34.4 Å². The number of carbonyl (C=O) groups is 1. The number of pyridine rings is 2. The van der Waals surface area contributed by atoms with E-state index >= 15 is 0 Å². The third-order valence-corrected chi connectivity index (χ3v) is 3.20. The minimum atomic E-state index is -0.00912. The summed E-state index contributed by atoms with van der Waals surface area (Å²) in [5.74, 6) is 0.692. The highest BCUT2D eigenvalue weighted by molar-refractivity contribution is 5.95. The second-order valence-electron chi connectivity index (χ2n) is 4.77. The zero-order chi connectivity index (χ0) is 15.2. The molecule has 0 unspecified atom stereocenters. The summed E-state index contributed by atoms with van der Waals surface area (Å²) in [5, 5.41) is 2.98. The monoisotopic (exact) mass is 284 g/mol. The van der Waals surface area contributed by atoms with Gasteiger partial charge in [0.15, 0.2) is 0 Å². The Morgan fingerprint density at radius 2 is 2.14 bits per heavy atom. The highest BCUT2D eigenvalue weighted by Gasteiger charge is 2.16. The number of rotatable bonds is 5. The predicted octanol–water partition coefficient (Wildman–Crippen LogP) is 2.49. The van der Waals surface area contributed by atoms with Crippen molar-refractivity contribution >= 4 is 11.7 Å². The van der Waals surface area contributed by atoms with Gasteiger partial charge in [-0.3, -0.25) is 9.78 Å². The summed E-state index contributed by atoms with van der Waals surface area (Å²) in [5.41, 5.74) is 2.34. The Hall–Kier alpha value is -2.43. The van der Waals surface area contributed by atoms with E-state index < -0.39 is 0 Å². The van der Waals surface area contributed by atoms with Gasteiger partial charge in [0.2, 0.25) is 0 Å². The van der Waals surface area contributed by atoms with Gasteiger partial charge >= 0.3 is 0 Å². The van der Waals surface area contributed by atoms with Crippen LogP contribution < -0.4 is 5.32 Å². The second kappa shape index (κ2) is 6.83. The third-order valence-electron chi connectivity index (χ3n) is 3.20. The minimum absolute atomic E-state index is 0.00912. The molecule has 0 aromatic carbocycles. The summed E-state index contributed by atoms with van der Waals surface area (Å²) < 4.78 is 0. The smallest absolute Gasteiger partial charge is 0.254 e. The Bertz CT molecular complexity index is 613. The number of anilines is 1. The summed E-state index contributed by atoms with van der Waals surface area (Å²) in [6.45, 7) is 4.98. The molecule has 5 heteroatoms. The number of aromatic nitrogens is 2. The van der Waals surface area contributed by atoms with Crippen LogP contribution in [0.3, 0.4) is 0 Å². The second-order valence-corrected chi connectivity index (χ2v) is 4.77. The topological polar surface area (TPSA) is 58.1 Å². The molecule has 0 aliphatic carbocycles. The van der Waals surface area contributed by atoms with E-state index in [4.69, 9.17) is 0 Å². The van der Waals surface area contributed by atoms with Gasteiger partial charge in [0.1, 0.15) is 5.82 Å². The first kappa shape index (κ1) is 15.0. The molecule has 0 saturated carbocycles. The molecule has 0 aliphatic rings. The van der Waals surface area contributed by atoms with E-state index in [2.05, 4.69) is 15.3 Å². The van der Waals surface area contributed by atoms with E-state index in [9.17, 15) is 4.79 Å². The van der Waals surface area contributed by atoms with Crippen LogP contribution in [0.4, 0.5) is 5.82 Å². The van der Waals surface area contributed by atoms with E-state index in [1.54, 1.807) is 24.2 Å². The van der Waals surface area contributed by atoms with Gasteiger partial charge in [-0.15, -0.1) is 0 Å². The van der Waals surface area contributed by atoms with Crippen LogP contribution in [-0.2, 0) is 6.54 Å². The molecule has 2 heterocycles. The fourth-order valence-corrected chi connectivity index (χ4v) is 2.12. The van der Waals surface area contributed by atoms with Crippen LogP contribution in [0.25, 0.3) is 0 Å². The Morgan fingerprint density at radius 1 is 1.33 bits per heavy atom. The van der Waals surface area contributed by atoms with Crippen molar-refractivity contribution in [3.05, 3.63) is 53.5 Å². The number of amides is 1. The predicted molar refractivity (Wildman–Crippen MR) is 83.2 cm³/mol. The van der Waals surface area contributed by atoms with Crippen molar-refractivity contribution in [3.63, 3.8) is 0 Å². The molecular weight excluding hydrogens is 264 g/mol. The Labute approximate surface area is 125 Å². The summed E-state index contributed by atoms with van der Waals surface area (Å²) in [6, 6.07) is 9.30. The molecular formula is C16H20N4O. The lowest BCUT2D eigenvalue weighted by atomic mass is 10.2. The SMILES string of the molecule is CCN(Cc1ccccn1)C(=O)c1cc(C)nc(NC)c1. The summed E-state index contributed by atoms with van der Waals surface area (Å²) in [7, 11) is 1.79. The molecule has 2 aromatic heterocycles. The molecule has 0 radical (unpaired) electrons. The standard InChI is InChI=1S/C16H20N4O/c1-4-20(11-14-7-5-6-8-18-14)16(21)13-9-12(2)19-15(10-13)17-3/h5-10H,4,11H2,1-3H3,(H,17,19). The first-order chi connectivity index (χ1) is 10.1. The molecule has 0 saturated heterocycles. The van der Waals surface area contributed by atoms with Gasteiger partial charge in [-0.1, -0.05) is 6.07 Å². The molecule has 0 spiro atoms. The minimum Gasteiger partial charge on any atom is -0.373 e. The lowest BCUT2D eigenvalue weighted by Crippen LogP contribution is -2.30. The lowest BCUT2D eigenvalue weighted by molar-refractivity contribution is 0.0750. The van der Waals surface area contributed by atoms with Crippen molar-refractivity contribution in [2.75, 3.05) is 18.9 Å². The van der Waals surface area contributed by atoms with Crippen LogP contribution >= 0.6 is 0 Å². The molecule has 2 aromatic rings. The maximum Gasteiger partial charge on any atom is 0.254 e. The van der Waals surface area contributed by atoms with Gasteiger partial charge in [-0.05, 0) is 38.1 Å². The van der Waals surface area contributed by atoms with Crippen molar-refractivity contribution in [1.82, 2.24) is 14.9 Å². The first-order valence-electron chi connectivity index (χ1n) is 6.99. The molecule has 21 heavy (non-hydrogen) atoms. The van der Waals surface area contributed by atoms with E-state index in [1.165, 1.54) is 0 Å². The van der Waals surface area contributed by atoms with Gasteiger partial charge in [0.25, 0.3) is 5.91 Å². The zero-order valence-corrected chi connectivity index (χ0v) is 12.6. The first-order valence-corrected chi connectivity index (χ1v) is 6.99. The van der Waals surface area contributed by atoms with Crippen molar-refractivity contribution in [1.29, 1.82) is 0 Å². The number of hydrogen-bond donors (Lipinski definition) is 1. The van der Waals surface area contributed by atoms with Crippen molar-refractivity contribution < 1.29 is 4.79 Å². The molecule has 0 bridgehead atoms. The molecule has 0 aliphatic heterocycles. The van der Waals surface area contributed by atoms with Crippen LogP contribution in [0.2, 0.25) is 0 Å². The normalized spacial score (nSPS) is 10.2. The quantitative estimate of drug-likeness (QED) is 0.916. The maximum absolute atomic E-state index is 12.6. The fraction of sp³-hybridized carbons (Fsp3) is 0.312. The Balaban J connectivity index is 2.22. The van der Waals surface area contributed by atoms with Crippen molar-refractivity contribution in [2.45, 2.75) is 20.4 Å². The van der Waals surface area contributed by atoms with Gasteiger partial charge in [-0.25, -0.2) is 4.98 Å². The van der Waals surface area contributed by atoms with Crippen LogP contribution in [0.15, 0.2) is 36.5 Å². The maximum atomic E-state index is 12.6. The van der Waals surface area contributed by atoms with Crippen LogP contribution in [0.1, 0.15) is 28.7 Å². The third kappa shape index (κ3) is 3.78. The Kier molecular flexibility index (Phi) is 4.87.